The lowest BCUT2D eigenvalue weighted by Crippen LogP contribution is -2.31. The average Bonchev–Trinajstić information content (AvgIpc) is 3.09. The predicted octanol–water partition coefficient (Wildman–Crippen LogP) is 5.39. The number of hydrogen-bond acceptors (Lipinski definition) is 5. The molecule has 30 heavy (non-hydrogen) atoms. The van der Waals surface area contributed by atoms with Crippen molar-refractivity contribution in [3.05, 3.63) is 75.4 Å². The van der Waals surface area contributed by atoms with Crippen molar-refractivity contribution in [1.29, 1.82) is 0 Å². The Morgan fingerprint density at radius 3 is 2.77 bits per heavy atom. The number of rotatable bonds is 5. The Hall–Kier alpha value is -2.58. The summed E-state index contributed by atoms with van der Waals surface area (Å²) in [7, 11) is 0. The van der Waals surface area contributed by atoms with Gasteiger partial charge in [-0.3, -0.25) is 4.79 Å². The van der Waals surface area contributed by atoms with Gasteiger partial charge in [-0.15, -0.1) is 5.10 Å². The summed E-state index contributed by atoms with van der Waals surface area (Å²) in [4.78, 5) is 18.0. The Kier molecular flexibility index (Phi) is 5.97. The van der Waals surface area contributed by atoms with E-state index in [1.54, 1.807) is 16.4 Å². The fourth-order valence-electron chi connectivity index (χ4n) is 3.52. The molecule has 0 fully saturated rings. The van der Waals surface area contributed by atoms with Gasteiger partial charge in [-0.25, -0.2) is 4.68 Å². The third kappa shape index (κ3) is 4.15. The number of fused-ring (bicyclic) bond motifs is 1. The molecule has 1 aromatic heterocycles. The Balaban J connectivity index is 1.78. The lowest BCUT2D eigenvalue weighted by atomic mass is 9.95. The fraction of sp³-hybridized carbons (Fsp3) is 0.227. The molecule has 0 saturated heterocycles. The minimum Gasteiger partial charge on any atom is -0.328 e. The van der Waals surface area contributed by atoms with E-state index in [9.17, 15) is 4.79 Å². The van der Waals surface area contributed by atoms with Gasteiger partial charge in [-0.1, -0.05) is 58.9 Å². The lowest BCUT2D eigenvalue weighted by molar-refractivity contribution is -0.113. The van der Waals surface area contributed by atoms with E-state index in [4.69, 9.17) is 5.10 Å². The van der Waals surface area contributed by atoms with E-state index in [1.807, 2.05) is 62.4 Å². The van der Waals surface area contributed by atoms with Crippen molar-refractivity contribution in [2.75, 3.05) is 16.4 Å². The van der Waals surface area contributed by atoms with Gasteiger partial charge in [-0.2, -0.15) is 4.98 Å². The quantitative estimate of drug-likeness (QED) is 0.476. The first kappa shape index (κ1) is 20.7. The van der Waals surface area contributed by atoms with Crippen LogP contribution in [0.5, 0.6) is 0 Å². The molecule has 2 N–H and O–H groups in total. The molecule has 4 rings (SSSR count). The molecule has 1 amide bonds. The van der Waals surface area contributed by atoms with Gasteiger partial charge in [0.1, 0.15) is 6.04 Å². The monoisotopic (exact) mass is 483 g/mol. The first-order chi connectivity index (χ1) is 14.5. The summed E-state index contributed by atoms with van der Waals surface area (Å²) < 4.78 is 2.75. The SMILES string of the molecule is CCSc1nc2n(n1)C(c1cccc(Br)c1)C(C(=O)Nc1cccc(C)c1)=C(C)N2. The molecule has 8 heteroatoms. The number of amides is 1. The summed E-state index contributed by atoms with van der Waals surface area (Å²) in [6, 6.07) is 15.3. The van der Waals surface area contributed by atoms with Crippen LogP contribution in [-0.4, -0.2) is 26.4 Å². The highest BCUT2D eigenvalue weighted by Crippen LogP contribution is 2.37. The number of benzene rings is 2. The van der Waals surface area contributed by atoms with Gasteiger partial charge in [0.15, 0.2) is 0 Å². The number of allylic oxidation sites excluding steroid dienone is 1. The smallest absolute Gasteiger partial charge is 0.255 e. The number of carbonyl (C=O) groups excluding carboxylic acids is 1. The van der Waals surface area contributed by atoms with Gasteiger partial charge in [0.05, 0.1) is 5.57 Å². The van der Waals surface area contributed by atoms with Crippen molar-refractivity contribution >= 4 is 45.2 Å². The second kappa shape index (κ2) is 8.65. The number of hydrogen-bond donors (Lipinski definition) is 2. The van der Waals surface area contributed by atoms with Gasteiger partial charge >= 0.3 is 0 Å². The average molecular weight is 484 g/mol. The van der Waals surface area contributed by atoms with Crippen molar-refractivity contribution in [3.63, 3.8) is 0 Å². The predicted molar refractivity (Wildman–Crippen MR) is 125 cm³/mol. The highest BCUT2D eigenvalue weighted by Gasteiger charge is 2.34. The van der Waals surface area contributed by atoms with Gasteiger partial charge < -0.3 is 10.6 Å². The first-order valence-corrected chi connectivity index (χ1v) is 11.4. The summed E-state index contributed by atoms with van der Waals surface area (Å²) in [5.74, 6) is 1.35. The van der Waals surface area contributed by atoms with Gasteiger partial charge in [-0.05, 0) is 55.0 Å². The van der Waals surface area contributed by atoms with Crippen LogP contribution in [-0.2, 0) is 4.79 Å². The van der Waals surface area contributed by atoms with Crippen LogP contribution in [0, 0.1) is 6.92 Å². The van der Waals surface area contributed by atoms with Crippen molar-refractivity contribution in [2.45, 2.75) is 32.0 Å². The second-order valence-corrected chi connectivity index (χ2v) is 9.19. The molecular formula is C22H22BrN5OS. The Labute approximate surface area is 188 Å². The van der Waals surface area contributed by atoms with Crippen LogP contribution in [0.4, 0.5) is 11.6 Å². The van der Waals surface area contributed by atoms with Crippen LogP contribution in [0.1, 0.15) is 31.0 Å². The van der Waals surface area contributed by atoms with Gasteiger partial charge in [0, 0.05) is 15.9 Å². The van der Waals surface area contributed by atoms with E-state index in [0.717, 1.165) is 32.7 Å². The topological polar surface area (TPSA) is 71.8 Å². The van der Waals surface area contributed by atoms with Gasteiger partial charge in [0.25, 0.3) is 5.91 Å². The maximum absolute atomic E-state index is 13.4. The number of carbonyl (C=O) groups is 1. The van der Waals surface area contributed by atoms with Crippen LogP contribution >= 0.6 is 27.7 Å². The molecule has 6 nitrogen and oxygen atoms in total. The van der Waals surface area contributed by atoms with E-state index in [2.05, 4.69) is 38.5 Å². The van der Waals surface area contributed by atoms with Crippen LogP contribution in [0.2, 0.25) is 0 Å². The number of anilines is 2. The van der Waals surface area contributed by atoms with Crippen LogP contribution in [0.3, 0.4) is 0 Å². The molecule has 1 unspecified atom stereocenters. The van der Waals surface area contributed by atoms with E-state index in [-0.39, 0.29) is 11.9 Å². The van der Waals surface area contributed by atoms with Crippen molar-refractivity contribution in [1.82, 2.24) is 14.8 Å². The molecule has 0 bridgehead atoms. The molecule has 0 spiro atoms. The standard InChI is InChI=1S/C22H22BrN5OS/c1-4-30-22-26-21-24-14(3)18(20(29)25-17-10-5-7-13(2)11-17)19(28(21)27-22)15-8-6-9-16(23)12-15/h5-12,19H,4H2,1-3H3,(H,25,29)(H,24,26,27). The molecule has 0 radical (unpaired) electrons. The molecule has 0 saturated carbocycles. The first-order valence-electron chi connectivity index (χ1n) is 9.67. The van der Waals surface area contributed by atoms with Crippen LogP contribution in [0.25, 0.3) is 0 Å². The maximum atomic E-state index is 13.4. The Morgan fingerprint density at radius 1 is 1.23 bits per heavy atom. The van der Waals surface area contributed by atoms with E-state index in [0.29, 0.717) is 16.7 Å². The summed E-state index contributed by atoms with van der Waals surface area (Å²) in [6.07, 6.45) is 0. The summed E-state index contributed by atoms with van der Waals surface area (Å²) in [5.41, 5.74) is 4.18. The molecule has 2 aromatic carbocycles. The Morgan fingerprint density at radius 2 is 2.03 bits per heavy atom. The van der Waals surface area contributed by atoms with Gasteiger partial charge in [0.2, 0.25) is 11.1 Å². The van der Waals surface area contributed by atoms with Crippen molar-refractivity contribution in [2.24, 2.45) is 0 Å². The summed E-state index contributed by atoms with van der Waals surface area (Å²) in [5, 5.41) is 11.7. The fourth-order valence-corrected chi connectivity index (χ4v) is 4.49. The number of halogens is 1. The second-order valence-electron chi connectivity index (χ2n) is 7.04. The van der Waals surface area contributed by atoms with Crippen LogP contribution < -0.4 is 10.6 Å². The molecule has 0 aliphatic carbocycles. The molecule has 154 valence electrons. The Bertz CT molecular complexity index is 1140. The van der Waals surface area contributed by atoms with E-state index < -0.39 is 0 Å². The lowest BCUT2D eigenvalue weighted by Gasteiger charge is -2.28. The zero-order chi connectivity index (χ0) is 21.3. The minimum absolute atomic E-state index is 0.165. The number of thioether (sulfide) groups is 1. The third-order valence-corrected chi connectivity index (χ3v) is 6.00. The molecular weight excluding hydrogens is 462 g/mol. The molecule has 3 aromatic rings. The van der Waals surface area contributed by atoms with Crippen LogP contribution in [0.15, 0.2) is 69.4 Å². The van der Waals surface area contributed by atoms with Crippen molar-refractivity contribution in [3.8, 4) is 0 Å². The number of aryl methyl sites for hydroxylation is 1. The molecule has 1 aliphatic heterocycles. The third-order valence-electron chi connectivity index (χ3n) is 4.79. The highest BCUT2D eigenvalue weighted by molar-refractivity contribution is 9.10. The van der Waals surface area contributed by atoms with E-state index in [1.165, 1.54) is 0 Å². The maximum Gasteiger partial charge on any atom is 0.255 e. The highest BCUT2D eigenvalue weighted by atomic mass is 79.9. The number of nitrogens with one attached hydrogen (secondary N) is 2. The molecule has 1 aliphatic rings. The summed E-state index contributed by atoms with van der Waals surface area (Å²) in [6.45, 7) is 5.97. The number of nitrogens with zero attached hydrogens (tertiary/aromatic N) is 3. The summed E-state index contributed by atoms with van der Waals surface area (Å²) >= 11 is 5.12. The van der Waals surface area contributed by atoms with Crippen molar-refractivity contribution < 1.29 is 4.79 Å². The normalized spacial score (nSPS) is 15.5. The zero-order valence-corrected chi connectivity index (χ0v) is 19.3. The molecule has 2 heterocycles. The minimum atomic E-state index is -0.387. The molecule has 1 atom stereocenters. The van der Waals surface area contributed by atoms with E-state index >= 15 is 0 Å². The largest absolute Gasteiger partial charge is 0.328 e. The zero-order valence-electron chi connectivity index (χ0n) is 16.9. The number of aromatic nitrogens is 3.